The van der Waals surface area contributed by atoms with E-state index in [9.17, 15) is 4.79 Å². The summed E-state index contributed by atoms with van der Waals surface area (Å²) in [6, 6.07) is 0.243. The smallest absolute Gasteiger partial charge is 0.242 e. The summed E-state index contributed by atoms with van der Waals surface area (Å²) in [6.45, 7) is 9.26. The fraction of sp³-hybridized carbons (Fsp3) is 0.929. The van der Waals surface area contributed by atoms with Crippen LogP contribution >= 0.6 is 0 Å². The van der Waals surface area contributed by atoms with E-state index in [1.807, 2.05) is 4.90 Å². The molecule has 3 nitrogen and oxygen atoms in total. The first-order chi connectivity index (χ1) is 7.87. The van der Waals surface area contributed by atoms with E-state index in [2.05, 4.69) is 27.7 Å². The largest absolute Gasteiger partial charge is 0.338 e. The van der Waals surface area contributed by atoms with Crippen LogP contribution in [-0.2, 0) is 4.79 Å². The molecule has 1 aliphatic carbocycles. The van der Waals surface area contributed by atoms with Crippen LogP contribution in [0.4, 0.5) is 0 Å². The lowest BCUT2D eigenvalue weighted by atomic mass is 9.81. The van der Waals surface area contributed by atoms with Crippen molar-refractivity contribution in [2.45, 2.75) is 71.4 Å². The Morgan fingerprint density at radius 3 is 2.12 bits per heavy atom. The minimum atomic E-state index is -0.586. The van der Waals surface area contributed by atoms with Crippen molar-refractivity contribution in [3.8, 4) is 0 Å². The molecule has 100 valence electrons. The molecule has 0 spiro atoms. The van der Waals surface area contributed by atoms with Crippen LogP contribution in [0.2, 0.25) is 0 Å². The van der Waals surface area contributed by atoms with E-state index in [0.717, 1.165) is 32.2 Å². The van der Waals surface area contributed by atoms with Gasteiger partial charge >= 0.3 is 0 Å². The standard InChI is InChI=1S/C14H28N2O/c1-11(2)10-16(12(3)4)13(17)14(15)8-6-5-7-9-14/h11-12H,5-10,15H2,1-4H3. The number of nitrogens with zero attached hydrogens (tertiary/aromatic N) is 1. The summed E-state index contributed by atoms with van der Waals surface area (Å²) in [5, 5.41) is 0. The third-order valence-corrected chi connectivity index (χ3v) is 3.62. The number of hydrogen-bond acceptors (Lipinski definition) is 2. The van der Waals surface area contributed by atoms with Crippen LogP contribution in [0.25, 0.3) is 0 Å². The molecule has 0 aromatic carbocycles. The number of rotatable bonds is 4. The molecular formula is C14H28N2O. The van der Waals surface area contributed by atoms with Gasteiger partial charge in [0.05, 0.1) is 5.54 Å². The summed E-state index contributed by atoms with van der Waals surface area (Å²) < 4.78 is 0. The normalized spacial score (nSPS) is 19.7. The van der Waals surface area contributed by atoms with Crippen molar-refractivity contribution in [2.24, 2.45) is 11.7 Å². The van der Waals surface area contributed by atoms with Crippen molar-refractivity contribution in [1.29, 1.82) is 0 Å². The Hall–Kier alpha value is -0.570. The highest BCUT2D eigenvalue weighted by atomic mass is 16.2. The van der Waals surface area contributed by atoms with Crippen molar-refractivity contribution >= 4 is 5.91 Å². The monoisotopic (exact) mass is 240 g/mol. The number of carbonyl (C=O) groups excluding carboxylic acids is 1. The van der Waals surface area contributed by atoms with Crippen LogP contribution in [0.1, 0.15) is 59.8 Å². The summed E-state index contributed by atoms with van der Waals surface area (Å²) in [4.78, 5) is 14.6. The first-order valence-corrected chi connectivity index (χ1v) is 6.97. The highest BCUT2D eigenvalue weighted by Crippen LogP contribution is 2.28. The van der Waals surface area contributed by atoms with E-state index in [-0.39, 0.29) is 11.9 Å². The zero-order valence-electron chi connectivity index (χ0n) is 11.8. The predicted molar refractivity (Wildman–Crippen MR) is 71.7 cm³/mol. The molecule has 0 aromatic heterocycles. The molecule has 1 fully saturated rings. The minimum absolute atomic E-state index is 0.168. The number of hydrogen-bond donors (Lipinski definition) is 1. The molecule has 1 amide bonds. The van der Waals surface area contributed by atoms with Gasteiger partial charge < -0.3 is 10.6 Å². The molecule has 0 aliphatic heterocycles. The lowest BCUT2D eigenvalue weighted by molar-refractivity contribution is -0.140. The lowest BCUT2D eigenvalue weighted by Crippen LogP contribution is -2.58. The van der Waals surface area contributed by atoms with Crippen LogP contribution in [-0.4, -0.2) is 28.9 Å². The number of carbonyl (C=O) groups is 1. The van der Waals surface area contributed by atoms with Gasteiger partial charge in [0.1, 0.15) is 0 Å². The highest BCUT2D eigenvalue weighted by molar-refractivity contribution is 5.86. The Labute approximate surface area is 106 Å². The molecule has 0 saturated heterocycles. The molecule has 17 heavy (non-hydrogen) atoms. The van der Waals surface area contributed by atoms with Crippen molar-refractivity contribution in [3.63, 3.8) is 0 Å². The third kappa shape index (κ3) is 3.70. The highest BCUT2D eigenvalue weighted by Gasteiger charge is 2.39. The van der Waals surface area contributed by atoms with Crippen molar-refractivity contribution in [2.75, 3.05) is 6.54 Å². The van der Waals surface area contributed by atoms with Gasteiger partial charge in [-0.1, -0.05) is 33.1 Å². The van der Waals surface area contributed by atoms with Gasteiger partial charge in [-0.15, -0.1) is 0 Å². The Bertz CT molecular complexity index is 255. The Morgan fingerprint density at radius 2 is 1.71 bits per heavy atom. The number of amides is 1. The Balaban J connectivity index is 2.75. The van der Waals surface area contributed by atoms with Gasteiger partial charge in [-0.3, -0.25) is 4.79 Å². The van der Waals surface area contributed by atoms with Crippen molar-refractivity contribution < 1.29 is 4.79 Å². The predicted octanol–water partition coefficient (Wildman–Crippen LogP) is 2.54. The van der Waals surface area contributed by atoms with Gasteiger partial charge in [0.15, 0.2) is 0 Å². The van der Waals surface area contributed by atoms with Gasteiger partial charge in [-0.2, -0.15) is 0 Å². The van der Waals surface area contributed by atoms with Gasteiger partial charge in [0.25, 0.3) is 0 Å². The van der Waals surface area contributed by atoms with E-state index >= 15 is 0 Å². The fourth-order valence-corrected chi connectivity index (χ4v) is 2.60. The molecule has 0 aromatic rings. The van der Waals surface area contributed by atoms with Gasteiger partial charge in [-0.05, 0) is 32.6 Å². The topological polar surface area (TPSA) is 46.3 Å². The molecule has 1 aliphatic rings. The Morgan fingerprint density at radius 1 is 1.18 bits per heavy atom. The molecule has 1 saturated carbocycles. The molecule has 2 N–H and O–H groups in total. The van der Waals surface area contributed by atoms with Crippen LogP contribution in [0, 0.1) is 5.92 Å². The quantitative estimate of drug-likeness (QED) is 0.821. The van der Waals surface area contributed by atoms with E-state index in [4.69, 9.17) is 5.73 Å². The summed E-state index contributed by atoms with van der Waals surface area (Å²) in [5.74, 6) is 0.662. The lowest BCUT2D eigenvalue weighted by Gasteiger charge is -2.39. The molecule has 0 heterocycles. The van der Waals surface area contributed by atoms with E-state index in [1.54, 1.807) is 0 Å². The summed E-state index contributed by atoms with van der Waals surface area (Å²) in [6.07, 6.45) is 5.12. The van der Waals surface area contributed by atoms with Gasteiger partial charge in [0.2, 0.25) is 5.91 Å². The average molecular weight is 240 g/mol. The molecule has 0 bridgehead atoms. The maximum absolute atomic E-state index is 12.6. The Kier molecular flexibility index (Phi) is 4.99. The second-order valence-electron chi connectivity index (χ2n) is 6.16. The third-order valence-electron chi connectivity index (χ3n) is 3.62. The van der Waals surface area contributed by atoms with Crippen LogP contribution in [0.15, 0.2) is 0 Å². The van der Waals surface area contributed by atoms with Crippen LogP contribution in [0.5, 0.6) is 0 Å². The zero-order valence-corrected chi connectivity index (χ0v) is 11.8. The van der Waals surface area contributed by atoms with Gasteiger partial charge in [-0.25, -0.2) is 0 Å². The van der Waals surface area contributed by atoms with Crippen molar-refractivity contribution in [3.05, 3.63) is 0 Å². The molecule has 0 unspecified atom stereocenters. The van der Waals surface area contributed by atoms with Crippen LogP contribution in [0.3, 0.4) is 0 Å². The second kappa shape index (κ2) is 5.85. The van der Waals surface area contributed by atoms with E-state index in [0.29, 0.717) is 5.92 Å². The summed E-state index contributed by atoms with van der Waals surface area (Å²) in [7, 11) is 0. The first-order valence-electron chi connectivity index (χ1n) is 6.97. The molecule has 0 atom stereocenters. The SMILES string of the molecule is CC(C)CN(C(=O)C1(N)CCCCC1)C(C)C. The fourth-order valence-electron chi connectivity index (χ4n) is 2.60. The first kappa shape index (κ1) is 14.5. The molecule has 0 radical (unpaired) electrons. The number of nitrogens with two attached hydrogens (primary N) is 1. The maximum Gasteiger partial charge on any atom is 0.242 e. The molecule has 1 rings (SSSR count). The summed E-state index contributed by atoms with van der Waals surface area (Å²) >= 11 is 0. The van der Waals surface area contributed by atoms with Crippen molar-refractivity contribution in [1.82, 2.24) is 4.90 Å². The molecule has 3 heteroatoms. The zero-order chi connectivity index (χ0) is 13.1. The van der Waals surface area contributed by atoms with Gasteiger partial charge in [0, 0.05) is 12.6 Å². The van der Waals surface area contributed by atoms with Crippen LogP contribution < -0.4 is 5.73 Å². The minimum Gasteiger partial charge on any atom is -0.338 e. The average Bonchev–Trinajstić information content (AvgIpc) is 2.25. The molecular weight excluding hydrogens is 212 g/mol. The summed E-state index contributed by atoms with van der Waals surface area (Å²) in [5.41, 5.74) is 5.74. The maximum atomic E-state index is 12.6. The van der Waals surface area contributed by atoms with E-state index < -0.39 is 5.54 Å². The second-order valence-corrected chi connectivity index (χ2v) is 6.16. The van der Waals surface area contributed by atoms with E-state index in [1.165, 1.54) is 6.42 Å².